The van der Waals surface area contributed by atoms with E-state index in [2.05, 4.69) is 25.3 Å². The normalized spacial score (nSPS) is 10.8. The molecule has 3 rings (SSSR count). The van der Waals surface area contributed by atoms with Crippen LogP contribution in [-0.2, 0) is 0 Å². The smallest absolute Gasteiger partial charge is 0.112 e. The summed E-state index contributed by atoms with van der Waals surface area (Å²) in [5.74, 6) is 0. The van der Waals surface area contributed by atoms with Crippen molar-refractivity contribution in [3.63, 3.8) is 0 Å². The molecule has 78 valence electrons. The molecule has 5 heteroatoms. The van der Waals surface area contributed by atoms with Gasteiger partial charge in [-0.25, -0.2) is 4.98 Å². The number of fused-ring (bicyclic) bond motifs is 1. The van der Waals surface area contributed by atoms with Crippen LogP contribution < -0.4 is 0 Å². The monoisotopic (exact) mass is 228 g/mol. The Bertz CT molecular complexity index is 639. The number of imidazole rings is 1. The molecule has 1 N–H and O–H groups in total. The molecule has 0 fully saturated rings. The summed E-state index contributed by atoms with van der Waals surface area (Å²) in [4.78, 5) is 7.02. The van der Waals surface area contributed by atoms with Gasteiger partial charge in [-0.15, -0.1) is 0 Å². The molecule has 0 bridgehead atoms. The van der Waals surface area contributed by atoms with Crippen molar-refractivity contribution in [3.05, 3.63) is 48.6 Å². The van der Waals surface area contributed by atoms with Gasteiger partial charge in [0.15, 0.2) is 0 Å². The van der Waals surface area contributed by atoms with Crippen LogP contribution in [0, 0.1) is 0 Å². The highest BCUT2D eigenvalue weighted by Gasteiger charge is 2.10. The molecule has 3 aromatic rings. The van der Waals surface area contributed by atoms with Crippen molar-refractivity contribution in [1.29, 1.82) is 0 Å². The topological polar surface area (TPSA) is 54.5 Å². The van der Waals surface area contributed by atoms with Gasteiger partial charge in [-0.3, -0.25) is 0 Å². The first-order valence-corrected chi connectivity index (χ1v) is 5.48. The molecule has 0 aliphatic heterocycles. The number of hydrogen-bond donors (Lipinski definition) is 1. The Morgan fingerprint density at radius 3 is 3.06 bits per heavy atom. The maximum atomic E-state index is 4.29. The van der Waals surface area contributed by atoms with Crippen LogP contribution >= 0.6 is 11.7 Å². The lowest BCUT2D eigenvalue weighted by molar-refractivity contribution is 1.30. The number of aromatic amines is 1. The molecular formula is C11H8N4S. The van der Waals surface area contributed by atoms with Gasteiger partial charge < -0.3 is 4.98 Å². The van der Waals surface area contributed by atoms with E-state index in [-0.39, 0.29) is 0 Å². The predicted molar refractivity (Wildman–Crippen MR) is 64.1 cm³/mol. The average Bonchev–Trinajstić information content (AvgIpc) is 2.98. The number of hydrogen-bond acceptors (Lipinski definition) is 4. The number of nitrogens with zero attached hydrogens (tertiary/aromatic N) is 3. The Hall–Kier alpha value is -2.01. The van der Waals surface area contributed by atoms with Crippen LogP contribution in [0.4, 0.5) is 0 Å². The lowest BCUT2D eigenvalue weighted by atomic mass is 10.0. The van der Waals surface area contributed by atoms with E-state index in [1.54, 1.807) is 12.5 Å². The summed E-state index contributed by atoms with van der Waals surface area (Å²) in [5.41, 5.74) is 4.59. The van der Waals surface area contributed by atoms with E-state index in [9.17, 15) is 0 Å². The fraction of sp³-hybridized carbons (Fsp3) is 0. The van der Waals surface area contributed by atoms with Crippen LogP contribution in [0.5, 0.6) is 0 Å². The fourth-order valence-electron chi connectivity index (χ4n) is 1.62. The van der Waals surface area contributed by atoms with Crippen LogP contribution in [0.25, 0.3) is 16.6 Å². The number of rotatable bonds is 2. The molecule has 2 aromatic heterocycles. The summed E-state index contributed by atoms with van der Waals surface area (Å²) in [7, 11) is 0. The molecule has 0 spiro atoms. The van der Waals surface area contributed by atoms with Gasteiger partial charge >= 0.3 is 0 Å². The highest BCUT2D eigenvalue weighted by Crippen LogP contribution is 2.26. The van der Waals surface area contributed by atoms with Gasteiger partial charge in [0.1, 0.15) is 11.0 Å². The molecule has 4 nitrogen and oxygen atoms in total. The fourth-order valence-corrected chi connectivity index (χ4v) is 2.17. The second-order valence-corrected chi connectivity index (χ2v) is 3.91. The van der Waals surface area contributed by atoms with E-state index < -0.39 is 0 Å². The van der Waals surface area contributed by atoms with Crippen molar-refractivity contribution in [2.75, 3.05) is 0 Å². The summed E-state index contributed by atoms with van der Waals surface area (Å²) in [5, 5.41) is 0. The SMILES string of the molecule is C=C(c1cnc[nH]1)c1cccc2nsnc12. The van der Waals surface area contributed by atoms with Crippen LogP contribution in [-0.4, -0.2) is 18.7 Å². The second kappa shape index (κ2) is 3.53. The molecule has 0 atom stereocenters. The van der Waals surface area contributed by atoms with Crippen LogP contribution in [0.1, 0.15) is 11.3 Å². The van der Waals surface area contributed by atoms with Crippen molar-refractivity contribution in [2.24, 2.45) is 0 Å². The van der Waals surface area contributed by atoms with Crippen LogP contribution in [0.2, 0.25) is 0 Å². The Morgan fingerprint density at radius 1 is 1.31 bits per heavy atom. The Balaban J connectivity index is 2.19. The van der Waals surface area contributed by atoms with Crippen molar-refractivity contribution < 1.29 is 0 Å². The van der Waals surface area contributed by atoms with Crippen LogP contribution in [0.3, 0.4) is 0 Å². The molecular weight excluding hydrogens is 220 g/mol. The zero-order valence-corrected chi connectivity index (χ0v) is 9.16. The van der Waals surface area contributed by atoms with Gasteiger partial charge in [-0.2, -0.15) is 8.75 Å². The quantitative estimate of drug-likeness (QED) is 0.733. The molecule has 16 heavy (non-hydrogen) atoms. The standard InChI is InChI=1S/C11H8N4S/c1-7(10-5-12-6-13-10)8-3-2-4-9-11(8)15-16-14-9/h2-6H,1H2,(H,12,13). The minimum absolute atomic E-state index is 0.885. The lowest BCUT2D eigenvalue weighted by Gasteiger charge is -2.03. The third kappa shape index (κ3) is 1.33. The average molecular weight is 228 g/mol. The van der Waals surface area contributed by atoms with Crippen LogP contribution in [0.15, 0.2) is 37.3 Å². The van der Waals surface area contributed by atoms with Gasteiger partial charge in [0, 0.05) is 11.1 Å². The molecule has 0 aliphatic rings. The zero-order valence-electron chi connectivity index (χ0n) is 8.34. The van der Waals surface area contributed by atoms with Gasteiger partial charge in [-0.05, 0) is 6.07 Å². The molecule has 0 saturated heterocycles. The second-order valence-electron chi connectivity index (χ2n) is 3.38. The molecule has 0 amide bonds. The van der Waals surface area contributed by atoms with E-state index in [4.69, 9.17) is 0 Å². The van der Waals surface area contributed by atoms with Gasteiger partial charge in [-0.1, -0.05) is 18.7 Å². The minimum atomic E-state index is 0.885. The largest absolute Gasteiger partial charge is 0.345 e. The molecule has 0 radical (unpaired) electrons. The third-order valence-corrected chi connectivity index (χ3v) is 2.98. The third-order valence-electron chi connectivity index (χ3n) is 2.43. The maximum absolute atomic E-state index is 4.29. The van der Waals surface area contributed by atoms with E-state index in [0.717, 1.165) is 27.9 Å². The Morgan fingerprint density at radius 2 is 2.25 bits per heavy atom. The summed E-state index contributed by atoms with van der Waals surface area (Å²) in [6.07, 6.45) is 3.39. The van der Waals surface area contributed by atoms with Crippen molar-refractivity contribution in [3.8, 4) is 0 Å². The van der Waals surface area contributed by atoms with Crippen molar-refractivity contribution in [1.82, 2.24) is 18.7 Å². The number of aromatic nitrogens is 4. The van der Waals surface area contributed by atoms with Crippen molar-refractivity contribution in [2.45, 2.75) is 0 Å². The van der Waals surface area contributed by atoms with E-state index in [1.165, 1.54) is 11.7 Å². The van der Waals surface area contributed by atoms with E-state index in [1.807, 2.05) is 18.2 Å². The number of benzene rings is 1. The summed E-state index contributed by atoms with van der Waals surface area (Å²) < 4.78 is 8.49. The first-order chi connectivity index (χ1) is 7.86. The highest BCUT2D eigenvalue weighted by molar-refractivity contribution is 7.00. The summed E-state index contributed by atoms with van der Waals surface area (Å²) in [6, 6.07) is 5.90. The Kier molecular flexibility index (Phi) is 2.04. The molecule has 1 aromatic carbocycles. The zero-order chi connectivity index (χ0) is 11.0. The Labute approximate surface area is 96.0 Å². The first kappa shape index (κ1) is 9.23. The summed E-state index contributed by atoms with van der Waals surface area (Å²) in [6.45, 7) is 4.06. The first-order valence-electron chi connectivity index (χ1n) is 4.75. The van der Waals surface area contributed by atoms with E-state index in [0.29, 0.717) is 0 Å². The number of nitrogens with one attached hydrogen (secondary N) is 1. The minimum Gasteiger partial charge on any atom is -0.345 e. The van der Waals surface area contributed by atoms with Gasteiger partial charge in [0.2, 0.25) is 0 Å². The molecule has 0 unspecified atom stereocenters. The van der Waals surface area contributed by atoms with Crippen molar-refractivity contribution >= 4 is 28.3 Å². The predicted octanol–water partition coefficient (Wildman–Crippen LogP) is 2.48. The van der Waals surface area contributed by atoms with Gasteiger partial charge in [0.25, 0.3) is 0 Å². The molecule has 0 aliphatic carbocycles. The van der Waals surface area contributed by atoms with Gasteiger partial charge in [0.05, 0.1) is 29.9 Å². The molecule has 2 heterocycles. The highest BCUT2D eigenvalue weighted by atomic mass is 32.1. The van der Waals surface area contributed by atoms with E-state index >= 15 is 0 Å². The molecule has 0 saturated carbocycles. The summed E-state index contributed by atoms with van der Waals surface area (Å²) >= 11 is 1.21. The maximum Gasteiger partial charge on any atom is 0.112 e. The number of H-pyrrole nitrogens is 1. The lowest BCUT2D eigenvalue weighted by Crippen LogP contribution is -1.87.